The average molecular weight is 350 g/mol. The van der Waals surface area contributed by atoms with Gasteiger partial charge in [-0.1, -0.05) is 6.07 Å². The number of pyridine rings is 2. The molecule has 4 rings (SSSR count). The van der Waals surface area contributed by atoms with Gasteiger partial charge in [-0.15, -0.1) is 11.3 Å². The normalized spacial score (nSPS) is 19.5. The first-order valence-electron chi connectivity index (χ1n) is 7.98. The molecule has 0 saturated heterocycles. The number of aliphatic imine (C=N–C) groups is 1. The molecule has 2 atom stereocenters. The molecule has 3 aromatic rings. The van der Waals surface area contributed by atoms with Gasteiger partial charge >= 0.3 is 0 Å². The summed E-state index contributed by atoms with van der Waals surface area (Å²) in [5, 5.41) is 8.87. The van der Waals surface area contributed by atoms with Crippen molar-refractivity contribution in [1.82, 2.24) is 15.3 Å². The van der Waals surface area contributed by atoms with Gasteiger partial charge in [0.05, 0.1) is 5.71 Å². The van der Waals surface area contributed by atoms with Crippen LogP contribution in [0.5, 0.6) is 0 Å². The highest BCUT2D eigenvalue weighted by Gasteiger charge is 2.29. The van der Waals surface area contributed by atoms with Crippen LogP contribution in [0, 0.1) is 0 Å². The second kappa shape index (κ2) is 6.62. The number of nitrogens with one attached hydrogen (secondary N) is 2. The van der Waals surface area contributed by atoms with E-state index in [1.54, 1.807) is 29.8 Å². The predicted molar refractivity (Wildman–Crippen MR) is 102 cm³/mol. The third kappa shape index (κ3) is 2.99. The molecular weight excluding hydrogens is 332 g/mol. The largest absolute Gasteiger partial charge is 0.384 e. The molecule has 0 amide bonds. The van der Waals surface area contributed by atoms with E-state index in [2.05, 4.69) is 32.0 Å². The van der Waals surface area contributed by atoms with Gasteiger partial charge in [0.2, 0.25) is 0 Å². The third-order valence-electron chi connectivity index (χ3n) is 4.14. The van der Waals surface area contributed by atoms with Crippen LogP contribution < -0.4 is 16.4 Å². The van der Waals surface area contributed by atoms with E-state index in [4.69, 9.17) is 10.7 Å². The zero-order chi connectivity index (χ0) is 17.2. The van der Waals surface area contributed by atoms with Gasteiger partial charge in [0.25, 0.3) is 0 Å². The number of hydrogen-bond acceptors (Lipinski definition) is 7. The van der Waals surface area contributed by atoms with Crippen LogP contribution >= 0.6 is 11.3 Å². The topological polar surface area (TPSA) is 88.2 Å². The lowest BCUT2D eigenvalue weighted by Crippen LogP contribution is -2.38. The Hall–Kier alpha value is -2.77. The monoisotopic (exact) mass is 350 g/mol. The lowest BCUT2D eigenvalue weighted by atomic mass is 10.0. The molecule has 0 saturated carbocycles. The minimum atomic E-state index is -0.0771. The van der Waals surface area contributed by atoms with E-state index in [0.29, 0.717) is 5.82 Å². The van der Waals surface area contributed by atoms with Gasteiger partial charge in [0, 0.05) is 28.4 Å². The molecular formula is C18H18N6S. The Morgan fingerprint density at radius 3 is 2.80 bits per heavy atom. The first kappa shape index (κ1) is 15.7. The van der Waals surface area contributed by atoms with Crippen molar-refractivity contribution in [2.24, 2.45) is 4.99 Å². The lowest BCUT2D eigenvalue weighted by molar-refractivity contribution is 0.529. The minimum Gasteiger partial charge on any atom is -0.384 e. The molecule has 0 radical (unpaired) electrons. The molecule has 25 heavy (non-hydrogen) atoms. The highest BCUT2D eigenvalue weighted by molar-refractivity contribution is 7.10. The zero-order valence-corrected chi connectivity index (χ0v) is 14.5. The maximum absolute atomic E-state index is 5.75. The Bertz CT molecular complexity index is 888. The van der Waals surface area contributed by atoms with Crippen molar-refractivity contribution in [1.29, 1.82) is 0 Å². The summed E-state index contributed by atoms with van der Waals surface area (Å²) in [7, 11) is 1.92. The van der Waals surface area contributed by atoms with E-state index in [-0.39, 0.29) is 12.2 Å². The van der Waals surface area contributed by atoms with E-state index in [0.717, 1.165) is 22.7 Å². The molecule has 2 unspecified atom stereocenters. The molecule has 0 spiro atoms. The van der Waals surface area contributed by atoms with Crippen LogP contribution in [0.15, 0.2) is 59.2 Å². The van der Waals surface area contributed by atoms with Gasteiger partial charge in [-0.3, -0.25) is 10.3 Å². The second-order valence-corrected chi connectivity index (χ2v) is 6.70. The van der Waals surface area contributed by atoms with Gasteiger partial charge in [0.1, 0.15) is 23.8 Å². The highest BCUT2D eigenvalue weighted by Crippen LogP contribution is 2.32. The third-order valence-corrected chi connectivity index (χ3v) is 5.09. The van der Waals surface area contributed by atoms with Gasteiger partial charge in [-0.05, 0) is 42.8 Å². The second-order valence-electron chi connectivity index (χ2n) is 5.72. The van der Waals surface area contributed by atoms with E-state index in [1.165, 1.54) is 4.88 Å². The standard InChI is InChI=1S/C18H18N6S/c1-20-18-16(13-5-3-9-25-13)23-15(11-6-7-14(19)22-10-11)12-4-2-8-21-17(12)24-18/h2-10,16,18,20H,1H3,(H2,19,22)(H,21,24). The maximum Gasteiger partial charge on any atom is 0.136 e. The fourth-order valence-corrected chi connectivity index (χ4v) is 3.71. The van der Waals surface area contributed by atoms with Crippen LogP contribution in [0.2, 0.25) is 0 Å². The summed E-state index contributed by atoms with van der Waals surface area (Å²) in [5.41, 5.74) is 8.48. The van der Waals surface area contributed by atoms with Crippen molar-refractivity contribution >= 4 is 28.7 Å². The number of nitrogen functional groups attached to an aromatic ring is 1. The van der Waals surface area contributed by atoms with Gasteiger partial charge < -0.3 is 11.1 Å². The fraction of sp³-hybridized carbons (Fsp3) is 0.167. The summed E-state index contributed by atoms with van der Waals surface area (Å²) in [6.07, 6.45) is 3.48. The van der Waals surface area contributed by atoms with Crippen LogP contribution in [-0.4, -0.2) is 28.9 Å². The summed E-state index contributed by atoms with van der Waals surface area (Å²) in [6.45, 7) is 0. The molecule has 1 aliphatic heterocycles. The highest BCUT2D eigenvalue weighted by atomic mass is 32.1. The molecule has 0 bridgehead atoms. The summed E-state index contributed by atoms with van der Waals surface area (Å²) >= 11 is 1.69. The smallest absolute Gasteiger partial charge is 0.136 e. The first-order chi connectivity index (χ1) is 12.3. The predicted octanol–water partition coefficient (Wildman–Crippen LogP) is 2.67. The fourth-order valence-electron chi connectivity index (χ4n) is 2.91. The van der Waals surface area contributed by atoms with E-state index < -0.39 is 0 Å². The van der Waals surface area contributed by atoms with Crippen molar-refractivity contribution in [2.45, 2.75) is 12.2 Å². The van der Waals surface area contributed by atoms with Gasteiger partial charge in [-0.2, -0.15) is 0 Å². The Kier molecular flexibility index (Phi) is 4.17. The Morgan fingerprint density at radius 2 is 2.08 bits per heavy atom. The van der Waals surface area contributed by atoms with Crippen molar-refractivity contribution in [3.8, 4) is 0 Å². The number of nitrogens with two attached hydrogens (primary N) is 1. The average Bonchev–Trinajstić information content (AvgIpc) is 3.11. The Balaban J connectivity index is 1.91. The van der Waals surface area contributed by atoms with E-state index in [1.807, 2.05) is 31.3 Å². The first-order valence-corrected chi connectivity index (χ1v) is 8.86. The van der Waals surface area contributed by atoms with Crippen LogP contribution in [0.4, 0.5) is 11.6 Å². The number of thiophene rings is 1. The van der Waals surface area contributed by atoms with E-state index >= 15 is 0 Å². The summed E-state index contributed by atoms with van der Waals surface area (Å²) < 4.78 is 0. The van der Waals surface area contributed by atoms with Gasteiger partial charge in [0.15, 0.2) is 0 Å². The summed E-state index contributed by atoms with van der Waals surface area (Å²) in [6, 6.07) is 11.8. The SMILES string of the molecule is CNC1Nc2ncccc2C(c2ccc(N)nc2)=NC1c1cccs1. The quantitative estimate of drug-likeness (QED) is 0.676. The maximum atomic E-state index is 5.75. The number of fused-ring (bicyclic) bond motifs is 1. The van der Waals surface area contributed by atoms with Gasteiger partial charge in [-0.25, -0.2) is 9.97 Å². The Labute approximate surface area is 149 Å². The van der Waals surface area contributed by atoms with Crippen LogP contribution in [0.1, 0.15) is 22.0 Å². The molecule has 126 valence electrons. The van der Waals surface area contributed by atoms with Crippen molar-refractivity contribution in [3.05, 3.63) is 70.2 Å². The molecule has 6 nitrogen and oxygen atoms in total. The number of aromatic nitrogens is 2. The molecule has 1 aliphatic rings. The van der Waals surface area contributed by atoms with E-state index in [9.17, 15) is 0 Å². The minimum absolute atomic E-state index is 0.0634. The Morgan fingerprint density at radius 1 is 1.16 bits per heavy atom. The molecule has 0 fully saturated rings. The van der Waals surface area contributed by atoms with Crippen molar-refractivity contribution in [2.75, 3.05) is 18.1 Å². The number of nitrogens with zero attached hydrogens (tertiary/aromatic N) is 3. The molecule has 4 heterocycles. The molecule has 3 aromatic heterocycles. The zero-order valence-electron chi connectivity index (χ0n) is 13.7. The molecule has 0 aromatic carbocycles. The molecule has 0 aliphatic carbocycles. The van der Waals surface area contributed by atoms with Crippen molar-refractivity contribution in [3.63, 3.8) is 0 Å². The summed E-state index contributed by atoms with van der Waals surface area (Å²) in [5.74, 6) is 1.29. The van der Waals surface area contributed by atoms with Crippen LogP contribution in [0.25, 0.3) is 0 Å². The number of anilines is 2. The lowest BCUT2D eigenvalue weighted by Gasteiger charge is -2.23. The van der Waals surface area contributed by atoms with Crippen LogP contribution in [0.3, 0.4) is 0 Å². The number of rotatable bonds is 3. The molecule has 4 N–H and O–H groups in total. The molecule has 7 heteroatoms. The number of likely N-dealkylation sites (N-methyl/N-ethyl adjacent to an activating group) is 1. The number of hydrogen-bond donors (Lipinski definition) is 3. The summed E-state index contributed by atoms with van der Waals surface area (Å²) in [4.78, 5) is 15.0. The van der Waals surface area contributed by atoms with Crippen LogP contribution in [-0.2, 0) is 0 Å². The van der Waals surface area contributed by atoms with Crippen molar-refractivity contribution < 1.29 is 0 Å².